The second kappa shape index (κ2) is 4.09. The summed E-state index contributed by atoms with van der Waals surface area (Å²) in [5, 5.41) is 0. The van der Waals surface area contributed by atoms with Crippen molar-refractivity contribution in [2.75, 3.05) is 0 Å². The molecule has 0 heterocycles. The first-order chi connectivity index (χ1) is 7.52. The van der Waals surface area contributed by atoms with Gasteiger partial charge in [-0.15, -0.1) is 0 Å². The minimum absolute atomic E-state index is 0.0116. The maximum Gasteiger partial charge on any atom is 0.194 e. The maximum absolute atomic E-state index is 13.6. The molecule has 2 N–H and O–H groups in total. The molecular weight excluding hydrogens is 215 g/mol. The van der Waals surface area contributed by atoms with Gasteiger partial charge in [0.1, 0.15) is 0 Å². The second-order valence-corrected chi connectivity index (χ2v) is 4.47. The molecule has 0 amide bonds. The lowest BCUT2D eigenvalue weighted by Crippen LogP contribution is -2.24. The molecule has 0 radical (unpaired) electrons. The Morgan fingerprint density at radius 2 is 1.81 bits per heavy atom. The monoisotopic (exact) mass is 229 g/mol. The SMILES string of the molecule is CC1C(N)CCC1c1ccc(F)c(F)c1F. The van der Waals surface area contributed by atoms with E-state index in [9.17, 15) is 13.2 Å². The molecule has 1 saturated carbocycles. The highest BCUT2D eigenvalue weighted by atomic mass is 19.2. The van der Waals surface area contributed by atoms with Crippen molar-refractivity contribution >= 4 is 0 Å². The van der Waals surface area contributed by atoms with Crippen LogP contribution in [0, 0.1) is 23.4 Å². The van der Waals surface area contributed by atoms with E-state index < -0.39 is 17.5 Å². The van der Waals surface area contributed by atoms with Crippen molar-refractivity contribution in [3.05, 3.63) is 35.1 Å². The van der Waals surface area contributed by atoms with Crippen LogP contribution >= 0.6 is 0 Å². The molecule has 0 saturated heterocycles. The summed E-state index contributed by atoms with van der Waals surface area (Å²) in [6, 6.07) is 2.31. The topological polar surface area (TPSA) is 26.0 Å². The van der Waals surface area contributed by atoms with E-state index in [1.165, 1.54) is 6.07 Å². The first-order valence-electron chi connectivity index (χ1n) is 5.41. The Morgan fingerprint density at radius 3 is 2.38 bits per heavy atom. The molecule has 0 aromatic heterocycles. The molecule has 2 rings (SSSR count). The normalized spacial score (nSPS) is 29.7. The summed E-state index contributed by atoms with van der Waals surface area (Å²) in [5.41, 5.74) is 6.08. The molecule has 3 atom stereocenters. The molecule has 88 valence electrons. The summed E-state index contributed by atoms with van der Waals surface area (Å²) in [5.74, 6) is -3.60. The summed E-state index contributed by atoms with van der Waals surface area (Å²) in [4.78, 5) is 0. The van der Waals surface area contributed by atoms with Gasteiger partial charge < -0.3 is 5.73 Å². The van der Waals surface area contributed by atoms with Crippen molar-refractivity contribution in [2.24, 2.45) is 11.7 Å². The highest BCUT2D eigenvalue weighted by Crippen LogP contribution is 2.40. The Balaban J connectivity index is 2.38. The Bertz CT molecular complexity index is 405. The largest absolute Gasteiger partial charge is 0.327 e. The van der Waals surface area contributed by atoms with Crippen molar-refractivity contribution in [3.63, 3.8) is 0 Å². The maximum atomic E-state index is 13.6. The van der Waals surface area contributed by atoms with Crippen molar-refractivity contribution in [2.45, 2.75) is 31.7 Å². The molecule has 1 aromatic carbocycles. The van der Waals surface area contributed by atoms with Gasteiger partial charge in [0.2, 0.25) is 0 Å². The summed E-state index contributed by atoms with van der Waals surface area (Å²) in [6.45, 7) is 1.92. The predicted molar refractivity (Wildman–Crippen MR) is 55.4 cm³/mol. The first-order valence-corrected chi connectivity index (χ1v) is 5.41. The number of rotatable bonds is 1. The molecule has 0 aliphatic heterocycles. The summed E-state index contributed by atoms with van der Waals surface area (Å²) in [7, 11) is 0. The number of halogens is 3. The van der Waals surface area contributed by atoms with Gasteiger partial charge >= 0.3 is 0 Å². The zero-order valence-electron chi connectivity index (χ0n) is 9.01. The fraction of sp³-hybridized carbons (Fsp3) is 0.500. The van der Waals surface area contributed by atoms with Crippen LogP contribution in [0.4, 0.5) is 13.2 Å². The molecule has 1 aliphatic rings. The van der Waals surface area contributed by atoms with Gasteiger partial charge in [0.25, 0.3) is 0 Å². The van der Waals surface area contributed by atoms with Gasteiger partial charge in [-0.05, 0) is 36.3 Å². The van der Waals surface area contributed by atoms with Gasteiger partial charge in [-0.25, -0.2) is 13.2 Å². The van der Waals surface area contributed by atoms with Crippen LogP contribution in [0.1, 0.15) is 31.2 Å². The van der Waals surface area contributed by atoms with Crippen LogP contribution in [0.5, 0.6) is 0 Å². The van der Waals surface area contributed by atoms with E-state index in [0.29, 0.717) is 0 Å². The highest BCUT2D eigenvalue weighted by Gasteiger charge is 2.33. The van der Waals surface area contributed by atoms with Crippen molar-refractivity contribution in [1.82, 2.24) is 0 Å². The van der Waals surface area contributed by atoms with Gasteiger partial charge in [0.05, 0.1) is 0 Å². The fourth-order valence-electron chi connectivity index (χ4n) is 2.46. The van der Waals surface area contributed by atoms with Crippen molar-refractivity contribution < 1.29 is 13.2 Å². The van der Waals surface area contributed by atoms with Crippen LogP contribution in [0.25, 0.3) is 0 Å². The minimum atomic E-state index is -1.38. The lowest BCUT2D eigenvalue weighted by atomic mass is 9.88. The van der Waals surface area contributed by atoms with Crippen LogP contribution in [-0.4, -0.2) is 6.04 Å². The van der Waals surface area contributed by atoms with Gasteiger partial charge in [-0.1, -0.05) is 13.0 Å². The van der Waals surface area contributed by atoms with E-state index in [1.807, 2.05) is 6.92 Å². The van der Waals surface area contributed by atoms with E-state index in [1.54, 1.807) is 0 Å². The zero-order chi connectivity index (χ0) is 11.9. The second-order valence-electron chi connectivity index (χ2n) is 4.47. The Morgan fingerprint density at radius 1 is 1.12 bits per heavy atom. The van der Waals surface area contributed by atoms with Crippen LogP contribution in [0.3, 0.4) is 0 Å². The van der Waals surface area contributed by atoms with Crippen LogP contribution in [-0.2, 0) is 0 Å². The molecular formula is C12H14F3N. The van der Waals surface area contributed by atoms with E-state index in [4.69, 9.17) is 5.73 Å². The van der Waals surface area contributed by atoms with Crippen molar-refractivity contribution in [1.29, 1.82) is 0 Å². The number of benzene rings is 1. The van der Waals surface area contributed by atoms with E-state index >= 15 is 0 Å². The molecule has 16 heavy (non-hydrogen) atoms. The standard InChI is InChI=1S/C12H14F3N/c1-6-7(3-5-10(6)16)8-2-4-9(13)12(15)11(8)14/h2,4,6-7,10H,3,5,16H2,1H3. The minimum Gasteiger partial charge on any atom is -0.327 e. The number of hydrogen-bond acceptors (Lipinski definition) is 1. The van der Waals surface area contributed by atoms with Crippen LogP contribution in [0.15, 0.2) is 12.1 Å². The molecule has 1 fully saturated rings. The average molecular weight is 229 g/mol. The first kappa shape index (κ1) is 11.5. The van der Waals surface area contributed by atoms with Crippen LogP contribution < -0.4 is 5.73 Å². The molecule has 1 nitrogen and oxygen atoms in total. The Labute approximate surface area is 92.5 Å². The molecule has 4 heteroatoms. The highest BCUT2D eigenvalue weighted by molar-refractivity contribution is 5.26. The molecule has 3 unspecified atom stereocenters. The molecule has 0 spiro atoms. The third-order valence-electron chi connectivity index (χ3n) is 3.59. The summed E-state index contributed by atoms with van der Waals surface area (Å²) >= 11 is 0. The zero-order valence-corrected chi connectivity index (χ0v) is 9.01. The van der Waals surface area contributed by atoms with Gasteiger partial charge in [-0.3, -0.25) is 0 Å². The summed E-state index contributed by atoms with van der Waals surface area (Å²) < 4.78 is 39.4. The summed E-state index contributed by atoms with van der Waals surface area (Å²) in [6.07, 6.45) is 1.52. The van der Waals surface area contributed by atoms with Gasteiger partial charge in [0, 0.05) is 6.04 Å². The number of hydrogen-bond donors (Lipinski definition) is 1. The van der Waals surface area contributed by atoms with Crippen molar-refractivity contribution in [3.8, 4) is 0 Å². The predicted octanol–water partition coefficient (Wildman–Crippen LogP) is 2.94. The average Bonchev–Trinajstić information content (AvgIpc) is 2.58. The Kier molecular flexibility index (Phi) is 2.93. The van der Waals surface area contributed by atoms with E-state index in [0.717, 1.165) is 18.9 Å². The third-order valence-corrected chi connectivity index (χ3v) is 3.59. The molecule has 0 bridgehead atoms. The third kappa shape index (κ3) is 1.71. The lowest BCUT2D eigenvalue weighted by Gasteiger charge is -2.19. The smallest absolute Gasteiger partial charge is 0.194 e. The van der Waals surface area contributed by atoms with Gasteiger partial charge in [0.15, 0.2) is 17.5 Å². The van der Waals surface area contributed by atoms with Gasteiger partial charge in [-0.2, -0.15) is 0 Å². The molecule has 1 aromatic rings. The Hall–Kier alpha value is -1.03. The van der Waals surface area contributed by atoms with E-state index in [-0.39, 0.29) is 23.4 Å². The van der Waals surface area contributed by atoms with Crippen LogP contribution in [0.2, 0.25) is 0 Å². The lowest BCUT2D eigenvalue weighted by molar-refractivity contribution is 0.417. The molecule has 1 aliphatic carbocycles. The number of nitrogens with two attached hydrogens (primary N) is 1. The van der Waals surface area contributed by atoms with E-state index in [2.05, 4.69) is 0 Å². The quantitative estimate of drug-likeness (QED) is 0.736. The fourth-order valence-corrected chi connectivity index (χ4v) is 2.46.